The van der Waals surface area contributed by atoms with Crippen LogP contribution in [0.5, 0.6) is 0 Å². The summed E-state index contributed by atoms with van der Waals surface area (Å²) >= 11 is 0. The minimum absolute atomic E-state index is 0.684. The van der Waals surface area contributed by atoms with E-state index >= 15 is 0 Å². The molecule has 1 atom stereocenters. The molecule has 1 fully saturated rings. The Morgan fingerprint density at radius 3 is 2.54 bits per heavy atom. The lowest BCUT2D eigenvalue weighted by molar-refractivity contribution is 0.0609. The molecular formula is C10H23N3. The first-order valence-corrected chi connectivity index (χ1v) is 5.28. The fourth-order valence-corrected chi connectivity index (χ4v) is 1.93. The number of nitrogens with zero attached hydrogens (tertiary/aromatic N) is 2. The van der Waals surface area contributed by atoms with Crippen LogP contribution >= 0.6 is 0 Å². The van der Waals surface area contributed by atoms with Gasteiger partial charge in [-0.2, -0.15) is 0 Å². The van der Waals surface area contributed by atoms with Crippen molar-refractivity contribution in [2.75, 3.05) is 33.4 Å². The summed E-state index contributed by atoms with van der Waals surface area (Å²) in [6, 6.07) is 1.38. The zero-order valence-corrected chi connectivity index (χ0v) is 9.38. The van der Waals surface area contributed by atoms with Crippen molar-refractivity contribution in [1.82, 2.24) is 15.1 Å². The van der Waals surface area contributed by atoms with E-state index in [2.05, 4.69) is 35.9 Å². The molecule has 1 saturated heterocycles. The number of hydrogen-bond donors (Lipinski definition) is 1. The summed E-state index contributed by atoms with van der Waals surface area (Å²) in [6.07, 6.45) is 0. The maximum atomic E-state index is 3.22. The SMILES string of the molecule is CNCN1CCN(C(C)C)CC1C. The maximum Gasteiger partial charge on any atom is 0.0481 e. The Labute approximate surface area is 82.1 Å². The monoisotopic (exact) mass is 185 g/mol. The van der Waals surface area contributed by atoms with Gasteiger partial charge in [-0.25, -0.2) is 0 Å². The molecule has 0 aromatic rings. The zero-order valence-electron chi connectivity index (χ0n) is 9.38. The van der Waals surface area contributed by atoms with Crippen LogP contribution in [0.4, 0.5) is 0 Å². The van der Waals surface area contributed by atoms with Crippen molar-refractivity contribution in [3.05, 3.63) is 0 Å². The highest BCUT2D eigenvalue weighted by atomic mass is 15.3. The molecule has 0 aliphatic carbocycles. The first-order chi connectivity index (χ1) is 6.15. The number of rotatable bonds is 3. The Kier molecular flexibility index (Phi) is 4.16. The molecule has 1 heterocycles. The van der Waals surface area contributed by atoms with Crippen LogP contribution < -0.4 is 5.32 Å². The van der Waals surface area contributed by atoms with Gasteiger partial charge in [0.15, 0.2) is 0 Å². The van der Waals surface area contributed by atoms with E-state index in [9.17, 15) is 0 Å². The minimum atomic E-state index is 0.684. The van der Waals surface area contributed by atoms with Gasteiger partial charge in [-0.1, -0.05) is 0 Å². The molecule has 0 amide bonds. The summed E-state index contributed by atoms with van der Waals surface area (Å²) in [4.78, 5) is 5.05. The summed E-state index contributed by atoms with van der Waals surface area (Å²) in [5.74, 6) is 0. The third-order valence-corrected chi connectivity index (χ3v) is 2.89. The molecule has 1 aliphatic heterocycles. The van der Waals surface area contributed by atoms with Crippen LogP contribution in [-0.4, -0.2) is 55.2 Å². The molecule has 0 saturated carbocycles. The van der Waals surface area contributed by atoms with Crippen LogP contribution in [0.2, 0.25) is 0 Å². The third kappa shape index (κ3) is 2.93. The molecule has 13 heavy (non-hydrogen) atoms. The summed E-state index contributed by atoms with van der Waals surface area (Å²) in [7, 11) is 2.02. The average Bonchev–Trinajstić information content (AvgIpc) is 2.08. The van der Waals surface area contributed by atoms with Crippen molar-refractivity contribution in [2.45, 2.75) is 32.9 Å². The quantitative estimate of drug-likeness (QED) is 0.694. The van der Waals surface area contributed by atoms with Gasteiger partial charge in [-0.05, 0) is 27.8 Å². The molecule has 0 radical (unpaired) electrons. The van der Waals surface area contributed by atoms with Crippen molar-refractivity contribution < 1.29 is 0 Å². The number of piperazine rings is 1. The Hall–Kier alpha value is -0.120. The Balaban J connectivity index is 2.37. The van der Waals surface area contributed by atoms with Gasteiger partial charge in [0, 0.05) is 38.4 Å². The lowest BCUT2D eigenvalue weighted by atomic mass is 10.1. The Morgan fingerprint density at radius 2 is 2.08 bits per heavy atom. The van der Waals surface area contributed by atoms with Crippen LogP contribution in [0, 0.1) is 0 Å². The second kappa shape index (κ2) is 4.94. The second-order valence-electron chi connectivity index (χ2n) is 4.26. The first-order valence-electron chi connectivity index (χ1n) is 5.28. The molecule has 1 unspecified atom stereocenters. The van der Waals surface area contributed by atoms with Crippen LogP contribution in [0.3, 0.4) is 0 Å². The van der Waals surface area contributed by atoms with Gasteiger partial charge in [-0.15, -0.1) is 0 Å². The van der Waals surface area contributed by atoms with Crippen molar-refractivity contribution >= 4 is 0 Å². The summed E-state index contributed by atoms with van der Waals surface area (Å²) in [5, 5.41) is 3.22. The fraction of sp³-hybridized carbons (Fsp3) is 1.00. The van der Waals surface area contributed by atoms with Crippen molar-refractivity contribution in [3.8, 4) is 0 Å². The first kappa shape index (κ1) is 11.0. The fourth-order valence-electron chi connectivity index (χ4n) is 1.93. The zero-order chi connectivity index (χ0) is 9.84. The van der Waals surface area contributed by atoms with Crippen molar-refractivity contribution in [3.63, 3.8) is 0 Å². The van der Waals surface area contributed by atoms with Gasteiger partial charge in [0.05, 0.1) is 0 Å². The van der Waals surface area contributed by atoms with Gasteiger partial charge >= 0.3 is 0 Å². The number of nitrogens with one attached hydrogen (secondary N) is 1. The van der Waals surface area contributed by atoms with Gasteiger partial charge in [0.1, 0.15) is 0 Å². The number of hydrogen-bond acceptors (Lipinski definition) is 3. The Bertz CT molecular complexity index is 147. The van der Waals surface area contributed by atoms with Crippen molar-refractivity contribution in [2.24, 2.45) is 0 Å². The molecule has 3 heteroatoms. The van der Waals surface area contributed by atoms with E-state index < -0.39 is 0 Å². The van der Waals surface area contributed by atoms with E-state index in [-0.39, 0.29) is 0 Å². The molecule has 0 bridgehead atoms. The summed E-state index contributed by atoms with van der Waals surface area (Å²) in [6.45, 7) is 11.5. The van der Waals surface area contributed by atoms with E-state index in [0.717, 1.165) is 6.67 Å². The van der Waals surface area contributed by atoms with Crippen molar-refractivity contribution in [1.29, 1.82) is 0 Å². The molecule has 0 aromatic carbocycles. The van der Waals surface area contributed by atoms with E-state index in [1.165, 1.54) is 19.6 Å². The largest absolute Gasteiger partial charge is 0.307 e. The lowest BCUT2D eigenvalue weighted by Crippen LogP contribution is -2.55. The van der Waals surface area contributed by atoms with E-state index in [1.807, 2.05) is 7.05 Å². The van der Waals surface area contributed by atoms with Gasteiger partial charge in [0.25, 0.3) is 0 Å². The van der Waals surface area contributed by atoms with Crippen LogP contribution in [-0.2, 0) is 0 Å². The topological polar surface area (TPSA) is 18.5 Å². The molecule has 0 aromatic heterocycles. The van der Waals surface area contributed by atoms with E-state index in [0.29, 0.717) is 12.1 Å². The van der Waals surface area contributed by atoms with Gasteiger partial charge in [-0.3, -0.25) is 9.80 Å². The van der Waals surface area contributed by atoms with E-state index in [4.69, 9.17) is 0 Å². The maximum absolute atomic E-state index is 3.22. The highest BCUT2D eigenvalue weighted by Crippen LogP contribution is 2.10. The highest BCUT2D eigenvalue weighted by molar-refractivity contribution is 4.79. The lowest BCUT2D eigenvalue weighted by Gasteiger charge is -2.41. The normalized spacial score (nSPS) is 27.0. The van der Waals surface area contributed by atoms with Crippen LogP contribution in [0.25, 0.3) is 0 Å². The van der Waals surface area contributed by atoms with Gasteiger partial charge in [0.2, 0.25) is 0 Å². The second-order valence-corrected chi connectivity index (χ2v) is 4.26. The molecule has 1 aliphatic rings. The van der Waals surface area contributed by atoms with Gasteiger partial charge < -0.3 is 5.32 Å². The average molecular weight is 185 g/mol. The molecular weight excluding hydrogens is 162 g/mol. The predicted octanol–water partition coefficient (Wildman–Crippen LogP) is 0.578. The smallest absolute Gasteiger partial charge is 0.0481 e. The minimum Gasteiger partial charge on any atom is -0.307 e. The highest BCUT2D eigenvalue weighted by Gasteiger charge is 2.23. The molecule has 0 spiro atoms. The molecule has 3 nitrogen and oxygen atoms in total. The van der Waals surface area contributed by atoms with Crippen LogP contribution in [0.1, 0.15) is 20.8 Å². The third-order valence-electron chi connectivity index (χ3n) is 2.89. The summed E-state index contributed by atoms with van der Waals surface area (Å²) in [5.41, 5.74) is 0. The summed E-state index contributed by atoms with van der Waals surface area (Å²) < 4.78 is 0. The standard InChI is InChI=1S/C10H23N3/c1-9(2)12-5-6-13(8-11-4)10(3)7-12/h9-11H,5-8H2,1-4H3. The predicted molar refractivity (Wildman–Crippen MR) is 56.8 cm³/mol. The van der Waals surface area contributed by atoms with E-state index in [1.54, 1.807) is 0 Å². The molecule has 78 valence electrons. The Morgan fingerprint density at radius 1 is 1.38 bits per heavy atom. The molecule has 1 N–H and O–H groups in total. The van der Waals surface area contributed by atoms with Crippen LogP contribution in [0.15, 0.2) is 0 Å². The molecule has 1 rings (SSSR count).